The van der Waals surface area contributed by atoms with Crippen LogP contribution in [-0.4, -0.2) is 15.0 Å². The highest BCUT2D eigenvalue weighted by molar-refractivity contribution is 5.82. The number of pyridine rings is 1. The Hall–Kier alpha value is -2.29. The summed E-state index contributed by atoms with van der Waals surface area (Å²) >= 11 is 0. The number of fused-ring (bicyclic) bond motifs is 1. The Morgan fingerprint density at radius 2 is 1.62 bits per heavy atom. The number of aromatic nitrogens is 3. The SMILES string of the molecule is CC(C)(C)c1cc(CC(C)(C)c2cccc3cccnc23)ncn1. The van der Waals surface area contributed by atoms with Gasteiger partial charge in [-0.15, -0.1) is 0 Å². The van der Waals surface area contributed by atoms with E-state index in [1.165, 1.54) is 10.9 Å². The minimum absolute atomic E-state index is 0.0306. The van der Waals surface area contributed by atoms with Crippen LogP contribution in [0.25, 0.3) is 10.9 Å². The van der Waals surface area contributed by atoms with Gasteiger partial charge in [-0.25, -0.2) is 9.97 Å². The van der Waals surface area contributed by atoms with Crippen molar-refractivity contribution in [2.24, 2.45) is 0 Å². The Morgan fingerprint density at radius 3 is 2.38 bits per heavy atom. The van der Waals surface area contributed by atoms with Gasteiger partial charge in [0.05, 0.1) is 5.52 Å². The van der Waals surface area contributed by atoms with Gasteiger partial charge in [-0.05, 0) is 29.5 Å². The second-order valence-corrected chi connectivity index (χ2v) is 8.09. The van der Waals surface area contributed by atoms with Crippen molar-refractivity contribution in [2.45, 2.75) is 51.9 Å². The van der Waals surface area contributed by atoms with Crippen LogP contribution in [-0.2, 0) is 17.3 Å². The fourth-order valence-corrected chi connectivity index (χ4v) is 3.10. The third kappa shape index (κ3) is 3.30. The molecule has 0 amide bonds. The minimum Gasteiger partial charge on any atom is -0.256 e. The average Bonchev–Trinajstić information content (AvgIpc) is 2.53. The van der Waals surface area contributed by atoms with Crippen LogP contribution in [0.3, 0.4) is 0 Å². The lowest BCUT2D eigenvalue weighted by Crippen LogP contribution is -2.23. The molecule has 2 heterocycles. The molecule has 0 N–H and O–H groups in total. The molecule has 1 aromatic carbocycles. The van der Waals surface area contributed by atoms with Crippen LogP contribution >= 0.6 is 0 Å². The Labute approximate surface area is 144 Å². The number of nitrogens with zero attached hydrogens (tertiary/aromatic N) is 3. The largest absolute Gasteiger partial charge is 0.256 e. The van der Waals surface area contributed by atoms with Gasteiger partial charge < -0.3 is 0 Å². The van der Waals surface area contributed by atoms with Crippen molar-refractivity contribution in [1.29, 1.82) is 0 Å². The topological polar surface area (TPSA) is 38.7 Å². The Bertz CT molecular complexity index is 855. The van der Waals surface area contributed by atoms with E-state index in [2.05, 4.69) is 79.9 Å². The first kappa shape index (κ1) is 16.6. The minimum atomic E-state index is -0.0582. The van der Waals surface area contributed by atoms with Crippen molar-refractivity contribution >= 4 is 10.9 Å². The molecule has 3 nitrogen and oxygen atoms in total. The maximum atomic E-state index is 4.61. The van der Waals surface area contributed by atoms with E-state index in [-0.39, 0.29) is 10.8 Å². The summed E-state index contributed by atoms with van der Waals surface area (Å²) in [5, 5.41) is 1.18. The van der Waals surface area contributed by atoms with Gasteiger partial charge in [0.15, 0.2) is 0 Å². The van der Waals surface area contributed by atoms with Gasteiger partial charge in [0.1, 0.15) is 6.33 Å². The second kappa shape index (κ2) is 5.97. The molecule has 3 aromatic rings. The zero-order valence-electron chi connectivity index (χ0n) is 15.2. The molecule has 0 aliphatic heterocycles. The average molecular weight is 319 g/mol. The van der Waals surface area contributed by atoms with Crippen LogP contribution in [0.15, 0.2) is 48.9 Å². The van der Waals surface area contributed by atoms with E-state index in [4.69, 9.17) is 0 Å². The van der Waals surface area contributed by atoms with Gasteiger partial charge in [0, 0.05) is 28.4 Å². The summed E-state index contributed by atoms with van der Waals surface area (Å²) in [5.41, 5.74) is 4.47. The lowest BCUT2D eigenvalue weighted by atomic mass is 9.79. The van der Waals surface area contributed by atoms with Crippen LogP contribution in [0.2, 0.25) is 0 Å². The summed E-state index contributed by atoms with van der Waals surface area (Å²) in [6, 6.07) is 12.6. The summed E-state index contributed by atoms with van der Waals surface area (Å²) < 4.78 is 0. The van der Waals surface area contributed by atoms with Crippen molar-refractivity contribution in [2.75, 3.05) is 0 Å². The van der Waals surface area contributed by atoms with Gasteiger partial charge in [-0.2, -0.15) is 0 Å². The molecular weight excluding hydrogens is 294 g/mol. The molecule has 0 saturated heterocycles. The lowest BCUT2D eigenvalue weighted by molar-refractivity contribution is 0.512. The van der Waals surface area contributed by atoms with Crippen LogP contribution in [0.1, 0.15) is 51.6 Å². The molecule has 0 atom stereocenters. The van der Waals surface area contributed by atoms with E-state index >= 15 is 0 Å². The zero-order valence-corrected chi connectivity index (χ0v) is 15.2. The molecule has 0 fully saturated rings. The molecule has 0 bridgehead atoms. The molecule has 2 aromatic heterocycles. The Balaban J connectivity index is 1.99. The predicted octanol–water partition coefficient (Wildman–Crippen LogP) is 4.84. The van der Waals surface area contributed by atoms with E-state index in [0.717, 1.165) is 23.3 Å². The van der Waals surface area contributed by atoms with E-state index < -0.39 is 0 Å². The molecule has 0 radical (unpaired) electrons. The Kier molecular flexibility index (Phi) is 4.12. The maximum absolute atomic E-state index is 4.61. The molecule has 3 heteroatoms. The smallest absolute Gasteiger partial charge is 0.115 e. The van der Waals surface area contributed by atoms with Crippen molar-refractivity contribution in [3.05, 3.63) is 65.9 Å². The molecular formula is C21H25N3. The third-order valence-electron chi connectivity index (χ3n) is 4.48. The summed E-state index contributed by atoms with van der Waals surface area (Å²) in [7, 11) is 0. The van der Waals surface area contributed by atoms with Gasteiger partial charge in [-0.3, -0.25) is 4.98 Å². The number of benzene rings is 1. The molecule has 0 saturated carbocycles. The first-order chi connectivity index (χ1) is 11.3. The van der Waals surface area contributed by atoms with Crippen molar-refractivity contribution in [1.82, 2.24) is 15.0 Å². The monoisotopic (exact) mass is 319 g/mol. The summed E-state index contributed by atoms with van der Waals surface area (Å²) in [6.45, 7) is 11.1. The van der Waals surface area contributed by atoms with Gasteiger partial charge in [0.25, 0.3) is 0 Å². The first-order valence-electron chi connectivity index (χ1n) is 8.43. The van der Waals surface area contributed by atoms with Crippen LogP contribution in [0, 0.1) is 0 Å². The van der Waals surface area contributed by atoms with Crippen LogP contribution in [0.5, 0.6) is 0 Å². The number of rotatable bonds is 3. The number of para-hydroxylation sites is 1. The fourth-order valence-electron chi connectivity index (χ4n) is 3.10. The fraction of sp³-hybridized carbons (Fsp3) is 0.381. The van der Waals surface area contributed by atoms with Gasteiger partial charge in [0.2, 0.25) is 0 Å². The highest BCUT2D eigenvalue weighted by atomic mass is 14.8. The van der Waals surface area contributed by atoms with Gasteiger partial charge >= 0.3 is 0 Å². The lowest BCUT2D eigenvalue weighted by Gasteiger charge is -2.27. The van der Waals surface area contributed by atoms with Crippen molar-refractivity contribution in [3.63, 3.8) is 0 Å². The van der Waals surface area contributed by atoms with E-state index in [0.29, 0.717) is 0 Å². The van der Waals surface area contributed by atoms with Crippen LogP contribution < -0.4 is 0 Å². The predicted molar refractivity (Wildman–Crippen MR) is 99.2 cm³/mol. The quantitative estimate of drug-likeness (QED) is 0.693. The molecule has 24 heavy (non-hydrogen) atoms. The zero-order chi connectivity index (χ0) is 17.4. The number of hydrogen-bond acceptors (Lipinski definition) is 3. The number of hydrogen-bond donors (Lipinski definition) is 0. The third-order valence-corrected chi connectivity index (χ3v) is 4.48. The summed E-state index contributed by atoms with van der Waals surface area (Å²) in [5.74, 6) is 0. The molecule has 0 aliphatic rings. The van der Waals surface area contributed by atoms with Crippen molar-refractivity contribution in [3.8, 4) is 0 Å². The summed E-state index contributed by atoms with van der Waals surface area (Å²) in [6.07, 6.45) is 4.41. The molecule has 0 unspecified atom stereocenters. The highest BCUT2D eigenvalue weighted by Crippen LogP contribution is 2.32. The Morgan fingerprint density at radius 1 is 0.875 bits per heavy atom. The highest BCUT2D eigenvalue weighted by Gasteiger charge is 2.25. The second-order valence-electron chi connectivity index (χ2n) is 8.09. The standard InChI is InChI=1S/C21H25N3/c1-20(2,3)18-12-16(23-14-24-18)13-21(4,5)17-10-6-8-15-9-7-11-22-19(15)17/h6-12,14H,13H2,1-5H3. The van der Waals surface area contributed by atoms with Crippen LogP contribution in [0.4, 0.5) is 0 Å². The van der Waals surface area contributed by atoms with Gasteiger partial charge in [-0.1, -0.05) is 58.9 Å². The van der Waals surface area contributed by atoms with E-state index in [1.807, 2.05) is 12.3 Å². The normalized spacial score (nSPS) is 12.5. The van der Waals surface area contributed by atoms with E-state index in [1.54, 1.807) is 6.33 Å². The molecule has 124 valence electrons. The first-order valence-corrected chi connectivity index (χ1v) is 8.43. The summed E-state index contributed by atoms with van der Waals surface area (Å²) in [4.78, 5) is 13.6. The van der Waals surface area contributed by atoms with Crippen molar-refractivity contribution < 1.29 is 0 Å². The molecule has 0 spiro atoms. The van der Waals surface area contributed by atoms with E-state index in [9.17, 15) is 0 Å². The maximum Gasteiger partial charge on any atom is 0.115 e. The molecule has 3 rings (SSSR count). The molecule has 0 aliphatic carbocycles.